The van der Waals surface area contributed by atoms with Gasteiger partial charge >= 0.3 is 0 Å². The minimum atomic E-state index is 0.0435. The van der Waals surface area contributed by atoms with Crippen LogP contribution in [0.1, 0.15) is 83.5 Å². The summed E-state index contributed by atoms with van der Waals surface area (Å²) in [5.41, 5.74) is 1.99. The van der Waals surface area contributed by atoms with Crippen LogP contribution in [-0.2, 0) is 0 Å². The molecule has 2 aromatic rings. The third kappa shape index (κ3) is 7.14. The molecule has 0 aliphatic heterocycles. The molecule has 0 nitrogen and oxygen atoms in total. The Hall–Kier alpha value is -0.700. The summed E-state index contributed by atoms with van der Waals surface area (Å²) in [5.74, 6) is 0. The van der Waals surface area contributed by atoms with E-state index in [1.54, 1.807) is 10.6 Å². The van der Waals surface area contributed by atoms with E-state index in [4.69, 9.17) is 0 Å². The van der Waals surface area contributed by atoms with Gasteiger partial charge in [0.15, 0.2) is 0 Å². The number of hydrogen-bond acceptors (Lipinski definition) is 0. The zero-order valence-corrected chi connectivity index (χ0v) is 21.2. The first-order valence-electron chi connectivity index (χ1n) is 13.1. The van der Waals surface area contributed by atoms with Crippen molar-refractivity contribution < 1.29 is 0 Å². The molecule has 2 unspecified atom stereocenters. The van der Waals surface area contributed by atoms with Crippen LogP contribution >= 0.6 is 15.8 Å². The molecule has 4 rings (SSSR count). The molecule has 2 heteroatoms. The first-order chi connectivity index (χ1) is 15.4. The average molecular weight is 453 g/mol. The Balaban J connectivity index is 1.30. The molecule has 0 radical (unpaired) electrons. The SMILES string of the molecule is c1ccc(P(CCCCCP(c2ccccc2)C2CCCCC2)C2CCCCC2)cc1. The monoisotopic (exact) mass is 452 g/mol. The lowest BCUT2D eigenvalue weighted by Gasteiger charge is -2.32. The zero-order chi connectivity index (χ0) is 21.1. The average Bonchev–Trinajstić information content (AvgIpc) is 2.86. The summed E-state index contributed by atoms with van der Waals surface area (Å²) in [6.45, 7) is 0. The summed E-state index contributed by atoms with van der Waals surface area (Å²) >= 11 is 0. The second-order valence-corrected chi connectivity index (χ2v) is 15.0. The van der Waals surface area contributed by atoms with Crippen LogP contribution in [-0.4, -0.2) is 23.6 Å². The second kappa shape index (κ2) is 13.1. The summed E-state index contributed by atoms with van der Waals surface area (Å²) < 4.78 is 0. The van der Waals surface area contributed by atoms with Gasteiger partial charge in [-0.1, -0.05) is 121 Å². The van der Waals surface area contributed by atoms with Crippen molar-refractivity contribution in [1.29, 1.82) is 0 Å². The molecule has 0 N–H and O–H groups in total. The zero-order valence-electron chi connectivity index (χ0n) is 19.4. The molecule has 0 heterocycles. The maximum atomic E-state index is 2.43. The fourth-order valence-electron chi connectivity index (χ4n) is 5.81. The van der Waals surface area contributed by atoms with E-state index < -0.39 is 0 Å². The van der Waals surface area contributed by atoms with Gasteiger partial charge in [0, 0.05) is 0 Å². The lowest BCUT2D eigenvalue weighted by atomic mass is 10.0. The number of benzene rings is 2. The van der Waals surface area contributed by atoms with Crippen LogP contribution in [0.25, 0.3) is 0 Å². The summed E-state index contributed by atoms with van der Waals surface area (Å²) in [6, 6.07) is 23.2. The number of hydrogen-bond donors (Lipinski definition) is 0. The lowest BCUT2D eigenvalue weighted by molar-refractivity contribution is 0.510. The molecule has 0 saturated heterocycles. The van der Waals surface area contributed by atoms with Gasteiger partial charge in [-0.25, -0.2) is 0 Å². The maximum absolute atomic E-state index is 2.43. The minimum Gasteiger partial charge on any atom is -0.0721 e. The summed E-state index contributed by atoms with van der Waals surface area (Å²) in [4.78, 5) is 0. The molecule has 2 aliphatic rings. The Labute approximate surface area is 194 Å². The van der Waals surface area contributed by atoms with Crippen LogP contribution in [0.4, 0.5) is 0 Å². The molecule has 2 aliphatic carbocycles. The summed E-state index contributed by atoms with van der Waals surface area (Å²) in [7, 11) is 0.0869. The van der Waals surface area contributed by atoms with Crippen LogP contribution < -0.4 is 10.6 Å². The van der Waals surface area contributed by atoms with Crippen LogP contribution in [0.2, 0.25) is 0 Å². The van der Waals surface area contributed by atoms with Crippen LogP contribution in [0, 0.1) is 0 Å². The van der Waals surface area contributed by atoms with Crippen LogP contribution in [0.15, 0.2) is 60.7 Å². The minimum absolute atomic E-state index is 0.0435. The van der Waals surface area contributed by atoms with Gasteiger partial charge in [0.25, 0.3) is 0 Å². The molecule has 0 spiro atoms. The Morgan fingerprint density at radius 1 is 0.484 bits per heavy atom. The first kappa shape index (κ1) is 23.5. The molecule has 0 aromatic heterocycles. The van der Waals surface area contributed by atoms with E-state index in [-0.39, 0.29) is 15.8 Å². The van der Waals surface area contributed by atoms with Crippen molar-refractivity contribution in [2.75, 3.05) is 12.3 Å². The predicted octanol–water partition coefficient (Wildman–Crippen LogP) is 8.44. The molecule has 0 bridgehead atoms. The van der Waals surface area contributed by atoms with E-state index in [2.05, 4.69) is 60.7 Å². The van der Waals surface area contributed by atoms with Crippen molar-refractivity contribution in [3.63, 3.8) is 0 Å². The fourth-order valence-corrected chi connectivity index (χ4v) is 12.1. The van der Waals surface area contributed by atoms with E-state index >= 15 is 0 Å². The van der Waals surface area contributed by atoms with Gasteiger partial charge in [-0.05, 0) is 72.8 Å². The van der Waals surface area contributed by atoms with Crippen LogP contribution in [0.3, 0.4) is 0 Å². The number of unbranched alkanes of at least 4 members (excludes halogenated alkanes) is 2. The van der Waals surface area contributed by atoms with Gasteiger partial charge in [-0.3, -0.25) is 0 Å². The highest BCUT2D eigenvalue weighted by molar-refractivity contribution is 7.66. The highest BCUT2D eigenvalue weighted by Crippen LogP contribution is 2.49. The largest absolute Gasteiger partial charge is 0.0721 e. The summed E-state index contributed by atoms with van der Waals surface area (Å²) in [5, 5.41) is 3.36. The number of rotatable bonds is 10. The van der Waals surface area contributed by atoms with Crippen molar-refractivity contribution in [1.82, 2.24) is 0 Å². The molecule has 2 fully saturated rings. The van der Waals surface area contributed by atoms with Gasteiger partial charge in [-0.2, -0.15) is 0 Å². The maximum Gasteiger partial charge on any atom is -0.0169 e. The standard InChI is InChI=1S/C29H42P2/c1-6-16-26(17-7-1)30(27-18-8-2-9-19-27)24-14-5-15-25-31(28-20-10-3-11-21-28)29-22-12-4-13-23-29/h1,3,6-7,10-11,16-17,20-21,27,29H,2,4-5,8-9,12-15,18-19,22-25H2. The van der Waals surface area contributed by atoms with Crippen molar-refractivity contribution >= 4 is 26.5 Å². The van der Waals surface area contributed by atoms with Gasteiger partial charge in [0.2, 0.25) is 0 Å². The molecular formula is C29H42P2. The molecule has 2 aromatic carbocycles. The Bertz CT molecular complexity index is 653. The third-order valence-electron chi connectivity index (χ3n) is 7.50. The lowest BCUT2D eigenvalue weighted by Crippen LogP contribution is -2.19. The van der Waals surface area contributed by atoms with Gasteiger partial charge in [-0.15, -0.1) is 0 Å². The predicted molar refractivity (Wildman–Crippen MR) is 143 cm³/mol. The van der Waals surface area contributed by atoms with E-state index in [0.29, 0.717) is 0 Å². The fraction of sp³-hybridized carbons (Fsp3) is 0.586. The molecule has 31 heavy (non-hydrogen) atoms. The van der Waals surface area contributed by atoms with E-state index in [9.17, 15) is 0 Å². The Kier molecular flexibility index (Phi) is 9.92. The quantitative estimate of drug-likeness (QED) is 0.251. The normalized spacial score (nSPS) is 20.4. The Morgan fingerprint density at radius 3 is 1.26 bits per heavy atom. The first-order valence-corrected chi connectivity index (χ1v) is 16.2. The highest BCUT2D eigenvalue weighted by atomic mass is 31.1. The molecule has 0 amide bonds. The van der Waals surface area contributed by atoms with Gasteiger partial charge in [0.1, 0.15) is 0 Å². The van der Waals surface area contributed by atoms with E-state index in [1.807, 2.05) is 0 Å². The molecular weight excluding hydrogens is 410 g/mol. The van der Waals surface area contributed by atoms with Gasteiger partial charge < -0.3 is 0 Å². The topological polar surface area (TPSA) is 0 Å². The molecule has 168 valence electrons. The Morgan fingerprint density at radius 2 is 0.871 bits per heavy atom. The highest BCUT2D eigenvalue weighted by Gasteiger charge is 2.25. The van der Waals surface area contributed by atoms with Crippen molar-refractivity contribution in [3.8, 4) is 0 Å². The second-order valence-electron chi connectivity index (χ2n) is 9.70. The van der Waals surface area contributed by atoms with E-state index in [1.165, 1.54) is 95.8 Å². The van der Waals surface area contributed by atoms with E-state index in [0.717, 1.165) is 11.3 Å². The molecule has 2 saturated carbocycles. The third-order valence-corrected chi connectivity index (χ3v) is 13.8. The summed E-state index contributed by atoms with van der Waals surface area (Å²) in [6.07, 6.45) is 22.0. The smallest absolute Gasteiger partial charge is 0.0169 e. The van der Waals surface area contributed by atoms with Crippen molar-refractivity contribution in [2.45, 2.75) is 94.8 Å². The van der Waals surface area contributed by atoms with Gasteiger partial charge in [0.05, 0.1) is 0 Å². The molecule has 2 atom stereocenters. The van der Waals surface area contributed by atoms with Crippen molar-refractivity contribution in [2.24, 2.45) is 0 Å². The van der Waals surface area contributed by atoms with Crippen LogP contribution in [0.5, 0.6) is 0 Å². The van der Waals surface area contributed by atoms with Crippen molar-refractivity contribution in [3.05, 3.63) is 60.7 Å².